The van der Waals surface area contributed by atoms with E-state index in [9.17, 15) is 4.79 Å². The number of hydrogen-bond donors (Lipinski definition) is 0. The quantitative estimate of drug-likeness (QED) is 0.739. The monoisotopic (exact) mass is 195 g/mol. The van der Waals surface area contributed by atoms with Gasteiger partial charge in [-0.2, -0.15) is 0 Å². The minimum atomic E-state index is 0.163. The molecule has 0 unspecified atom stereocenters. The number of hydrogen-bond acceptors (Lipinski definition) is 2. The second kappa shape index (κ2) is 4.84. The lowest BCUT2D eigenvalue weighted by atomic mass is 10.2. The van der Waals surface area contributed by atoms with Crippen molar-refractivity contribution in [3.8, 4) is 0 Å². The molecule has 1 amide bonds. The van der Waals surface area contributed by atoms with E-state index in [1.54, 1.807) is 6.26 Å². The van der Waals surface area contributed by atoms with Gasteiger partial charge in [0.2, 0.25) is 5.91 Å². The molecule has 78 valence electrons. The summed E-state index contributed by atoms with van der Waals surface area (Å²) in [6.07, 6.45) is 2.17. The predicted octanol–water partition coefficient (Wildman–Crippen LogP) is 2.43. The lowest BCUT2D eigenvalue weighted by molar-refractivity contribution is -0.133. The second-order valence-electron chi connectivity index (χ2n) is 3.55. The molecule has 1 heterocycles. The Kier molecular flexibility index (Phi) is 3.74. The molecular weight excluding hydrogens is 178 g/mol. The van der Waals surface area contributed by atoms with Crippen LogP contribution in [0.2, 0.25) is 0 Å². The zero-order valence-corrected chi connectivity index (χ0v) is 8.99. The Labute approximate surface area is 84.7 Å². The van der Waals surface area contributed by atoms with Gasteiger partial charge < -0.3 is 9.32 Å². The Balaban J connectivity index is 2.65. The molecule has 0 fully saturated rings. The SMILES string of the molecule is CCC(=O)N(Cc1ccco1)C(C)C. The van der Waals surface area contributed by atoms with E-state index in [-0.39, 0.29) is 11.9 Å². The van der Waals surface area contributed by atoms with Gasteiger partial charge in [-0.25, -0.2) is 0 Å². The van der Waals surface area contributed by atoms with Gasteiger partial charge in [0.1, 0.15) is 5.76 Å². The summed E-state index contributed by atoms with van der Waals surface area (Å²) < 4.78 is 5.21. The first-order valence-corrected chi connectivity index (χ1v) is 4.97. The van der Waals surface area contributed by atoms with E-state index in [1.807, 2.05) is 37.8 Å². The summed E-state index contributed by atoms with van der Waals surface area (Å²) in [4.78, 5) is 13.4. The van der Waals surface area contributed by atoms with Crippen LogP contribution in [0.5, 0.6) is 0 Å². The van der Waals surface area contributed by atoms with Gasteiger partial charge in [-0.05, 0) is 26.0 Å². The summed E-state index contributed by atoms with van der Waals surface area (Å²) >= 11 is 0. The molecule has 0 bridgehead atoms. The van der Waals surface area contributed by atoms with E-state index in [0.29, 0.717) is 13.0 Å². The number of nitrogens with zero attached hydrogens (tertiary/aromatic N) is 1. The Bertz CT molecular complexity index is 277. The lowest BCUT2D eigenvalue weighted by Crippen LogP contribution is -2.35. The third-order valence-electron chi connectivity index (χ3n) is 2.15. The fourth-order valence-corrected chi connectivity index (χ4v) is 1.33. The largest absolute Gasteiger partial charge is 0.467 e. The number of furan rings is 1. The van der Waals surface area contributed by atoms with E-state index in [4.69, 9.17) is 4.42 Å². The molecule has 1 rings (SSSR count). The summed E-state index contributed by atoms with van der Waals surface area (Å²) in [5.74, 6) is 0.997. The molecule has 0 aliphatic rings. The van der Waals surface area contributed by atoms with Crippen LogP contribution in [0.4, 0.5) is 0 Å². The van der Waals surface area contributed by atoms with Crippen molar-refractivity contribution in [3.63, 3.8) is 0 Å². The highest BCUT2D eigenvalue weighted by Crippen LogP contribution is 2.10. The average Bonchev–Trinajstić information content (AvgIpc) is 2.65. The Morgan fingerprint density at radius 1 is 1.57 bits per heavy atom. The van der Waals surface area contributed by atoms with Gasteiger partial charge in [-0.15, -0.1) is 0 Å². The van der Waals surface area contributed by atoms with Crippen LogP contribution in [0.3, 0.4) is 0 Å². The highest BCUT2D eigenvalue weighted by atomic mass is 16.3. The summed E-state index contributed by atoms with van der Waals surface area (Å²) in [5.41, 5.74) is 0. The van der Waals surface area contributed by atoms with Crippen LogP contribution in [0.15, 0.2) is 22.8 Å². The number of carbonyl (C=O) groups is 1. The zero-order chi connectivity index (χ0) is 10.6. The molecule has 0 N–H and O–H groups in total. The molecule has 0 atom stereocenters. The first-order chi connectivity index (χ1) is 6.65. The molecular formula is C11H17NO2. The topological polar surface area (TPSA) is 33.5 Å². The number of amides is 1. The second-order valence-corrected chi connectivity index (χ2v) is 3.55. The van der Waals surface area contributed by atoms with Gasteiger partial charge in [-0.1, -0.05) is 6.92 Å². The van der Waals surface area contributed by atoms with E-state index in [2.05, 4.69) is 0 Å². The highest BCUT2D eigenvalue weighted by Gasteiger charge is 2.16. The fourth-order valence-electron chi connectivity index (χ4n) is 1.33. The van der Waals surface area contributed by atoms with Gasteiger partial charge in [0.15, 0.2) is 0 Å². The Morgan fingerprint density at radius 3 is 2.71 bits per heavy atom. The maximum absolute atomic E-state index is 11.6. The van der Waals surface area contributed by atoms with Gasteiger partial charge in [0, 0.05) is 12.5 Å². The summed E-state index contributed by atoms with van der Waals surface area (Å²) in [5, 5.41) is 0. The van der Waals surface area contributed by atoms with Crippen molar-refractivity contribution >= 4 is 5.91 Å². The maximum Gasteiger partial charge on any atom is 0.222 e. The van der Waals surface area contributed by atoms with Crippen molar-refractivity contribution in [2.45, 2.75) is 39.8 Å². The van der Waals surface area contributed by atoms with Gasteiger partial charge in [0.05, 0.1) is 12.8 Å². The van der Waals surface area contributed by atoms with Crippen molar-refractivity contribution in [3.05, 3.63) is 24.2 Å². The average molecular weight is 195 g/mol. The molecule has 0 saturated heterocycles. The minimum absolute atomic E-state index is 0.163. The Hall–Kier alpha value is -1.25. The van der Waals surface area contributed by atoms with Crippen molar-refractivity contribution in [2.24, 2.45) is 0 Å². The number of carbonyl (C=O) groups excluding carboxylic acids is 1. The fraction of sp³-hybridized carbons (Fsp3) is 0.545. The lowest BCUT2D eigenvalue weighted by Gasteiger charge is -2.25. The smallest absolute Gasteiger partial charge is 0.222 e. The standard InChI is InChI=1S/C11H17NO2/c1-4-11(13)12(9(2)3)8-10-6-5-7-14-10/h5-7,9H,4,8H2,1-3H3. The molecule has 1 aromatic heterocycles. The van der Waals surface area contributed by atoms with Crippen molar-refractivity contribution in [1.82, 2.24) is 4.90 Å². The molecule has 0 saturated carbocycles. The molecule has 3 nitrogen and oxygen atoms in total. The summed E-state index contributed by atoms with van der Waals surface area (Å²) in [6.45, 7) is 6.46. The molecule has 0 aliphatic heterocycles. The van der Waals surface area contributed by atoms with Gasteiger partial charge in [-0.3, -0.25) is 4.79 Å². The predicted molar refractivity (Wildman–Crippen MR) is 54.7 cm³/mol. The van der Waals surface area contributed by atoms with Crippen molar-refractivity contribution in [1.29, 1.82) is 0 Å². The van der Waals surface area contributed by atoms with E-state index < -0.39 is 0 Å². The van der Waals surface area contributed by atoms with Crippen molar-refractivity contribution in [2.75, 3.05) is 0 Å². The molecule has 0 spiro atoms. The molecule has 0 radical (unpaired) electrons. The highest BCUT2D eigenvalue weighted by molar-refractivity contribution is 5.76. The van der Waals surface area contributed by atoms with E-state index in [1.165, 1.54) is 0 Å². The minimum Gasteiger partial charge on any atom is -0.467 e. The molecule has 14 heavy (non-hydrogen) atoms. The molecule has 3 heteroatoms. The molecule has 0 aliphatic carbocycles. The zero-order valence-electron chi connectivity index (χ0n) is 8.99. The third-order valence-corrected chi connectivity index (χ3v) is 2.15. The van der Waals surface area contributed by atoms with Crippen LogP contribution in [0.25, 0.3) is 0 Å². The first-order valence-electron chi connectivity index (χ1n) is 4.97. The maximum atomic E-state index is 11.6. The first kappa shape index (κ1) is 10.8. The molecule has 1 aromatic rings. The third kappa shape index (κ3) is 2.62. The van der Waals surface area contributed by atoms with Crippen molar-refractivity contribution < 1.29 is 9.21 Å². The Morgan fingerprint density at radius 2 is 2.29 bits per heavy atom. The van der Waals surface area contributed by atoms with E-state index >= 15 is 0 Å². The van der Waals surface area contributed by atoms with Crippen LogP contribution in [-0.4, -0.2) is 16.8 Å². The number of rotatable bonds is 4. The normalized spacial score (nSPS) is 10.6. The molecule has 0 aromatic carbocycles. The van der Waals surface area contributed by atoms with E-state index in [0.717, 1.165) is 5.76 Å². The summed E-state index contributed by atoms with van der Waals surface area (Å²) in [7, 11) is 0. The van der Waals surface area contributed by atoms with Crippen LogP contribution in [0.1, 0.15) is 33.0 Å². The van der Waals surface area contributed by atoms with Gasteiger partial charge >= 0.3 is 0 Å². The summed E-state index contributed by atoms with van der Waals surface area (Å²) in [6, 6.07) is 3.94. The van der Waals surface area contributed by atoms with Crippen LogP contribution in [-0.2, 0) is 11.3 Å². The van der Waals surface area contributed by atoms with Crippen LogP contribution in [0, 0.1) is 0 Å². The van der Waals surface area contributed by atoms with Crippen LogP contribution < -0.4 is 0 Å². The van der Waals surface area contributed by atoms with Gasteiger partial charge in [0.25, 0.3) is 0 Å². The van der Waals surface area contributed by atoms with Crippen LogP contribution >= 0.6 is 0 Å².